The van der Waals surface area contributed by atoms with Crippen LogP contribution in [0.25, 0.3) is 0 Å². The minimum absolute atomic E-state index is 0.0297. The zero-order valence-corrected chi connectivity index (χ0v) is 18.2. The summed E-state index contributed by atoms with van der Waals surface area (Å²) in [6.45, 7) is 1.30. The normalized spacial score (nSPS) is 10.9. The van der Waals surface area contributed by atoms with Gasteiger partial charge in [-0.3, -0.25) is 19.2 Å². The average Bonchev–Trinajstić information content (AvgIpc) is 2.78. The van der Waals surface area contributed by atoms with Gasteiger partial charge >= 0.3 is 0 Å². The lowest BCUT2D eigenvalue weighted by Gasteiger charge is -2.24. The fraction of sp³-hybridized carbons (Fsp3) is 0.136. The first-order valence-corrected chi connectivity index (χ1v) is 10.9. The van der Waals surface area contributed by atoms with Gasteiger partial charge in [0.1, 0.15) is 12.3 Å². The molecule has 0 radical (unpaired) electrons. The van der Waals surface area contributed by atoms with E-state index in [1.807, 2.05) is 6.92 Å². The zero-order valence-electron chi connectivity index (χ0n) is 17.4. The number of benzene rings is 3. The van der Waals surface area contributed by atoms with Crippen molar-refractivity contribution < 1.29 is 22.9 Å². The van der Waals surface area contributed by atoms with Gasteiger partial charge in [0.2, 0.25) is 5.91 Å². The molecule has 9 nitrogen and oxygen atoms in total. The number of nitro benzene ring substituents is 1. The van der Waals surface area contributed by atoms with Crippen LogP contribution in [-0.2, 0) is 14.8 Å². The molecule has 3 aromatic carbocycles. The van der Waals surface area contributed by atoms with Gasteiger partial charge in [0.05, 0.1) is 22.6 Å². The minimum atomic E-state index is -4.08. The maximum atomic E-state index is 13.4. The van der Waals surface area contributed by atoms with Crippen molar-refractivity contribution in [2.75, 3.05) is 23.3 Å². The molecule has 10 heteroatoms. The molecule has 0 aliphatic carbocycles. The van der Waals surface area contributed by atoms with Crippen LogP contribution < -0.4 is 14.4 Å². The molecule has 32 heavy (non-hydrogen) atoms. The fourth-order valence-electron chi connectivity index (χ4n) is 2.93. The first-order valence-electron chi connectivity index (χ1n) is 9.48. The summed E-state index contributed by atoms with van der Waals surface area (Å²) in [7, 11) is -2.59. The summed E-state index contributed by atoms with van der Waals surface area (Å²) in [6, 6.07) is 17.9. The molecule has 0 unspecified atom stereocenters. The molecule has 0 fully saturated rings. The third-order valence-corrected chi connectivity index (χ3v) is 6.39. The van der Waals surface area contributed by atoms with Crippen LogP contribution in [-0.4, -0.2) is 32.9 Å². The maximum Gasteiger partial charge on any atom is 0.271 e. The van der Waals surface area contributed by atoms with Crippen LogP contribution >= 0.6 is 0 Å². The molecule has 0 aromatic heterocycles. The highest BCUT2D eigenvalue weighted by Gasteiger charge is 2.27. The lowest BCUT2D eigenvalue weighted by atomic mass is 10.2. The van der Waals surface area contributed by atoms with E-state index in [0.717, 1.165) is 9.87 Å². The van der Waals surface area contributed by atoms with E-state index in [4.69, 9.17) is 4.74 Å². The van der Waals surface area contributed by atoms with Gasteiger partial charge in [0.25, 0.3) is 15.7 Å². The fourth-order valence-corrected chi connectivity index (χ4v) is 4.35. The number of carbonyl (C=O) groups excluding carboxylic acids is 1. The van der Waals surface area contributed by atoms with E-state index >= 15 is 0 Å². The van der Waals surface area contributed by atoms with Crippen LogP contribution in [0.15, 0.2) is 77.7 Å². The number of hydrogen-bond acceptors (Lipinski definition) is 6. The van der Waals surface area contributed by atoms with E-state index in [1.54, 1.807) is 24.3 Å². The second kappa shape index (κ2) is 9.48. The van der Waals surface area contributed by atoms with Crippen LogP contribution in [0, 0.1) is 17.0 Å². The molecule has 0 saturated heterocycles. The number of non-ortho nitro benzene ring substituents is 1. The number of amides is 1. The Balaban J connectivity index is 1.93. The van der Waals surface area contributed by atoms with Crippen molar-refractivity contribution in [2.24, 2.45) is 0 Å². The topological polar surface area (TPSA) is 119 Å². The van der Waals surface area contributed by atoms with E-state index in [0.29, 0.717) is 5.75 Å². The number of carbonyl (C=O) groups is 1. The molecule has 166 valence electrons. The molecule has 0 aliphatic rings. The van der Waals surface area contributed by atoms with Gasteiger partial charge in [-0.2, -0.15) is 0 Å². The van der Waals surface area contributed by atoms with Crippen LogP contribution in [0.3, 0.4) is 0 Å². The van der Waals surface area contributed by atoms with Gasteiger partial charge in [0, 0.05) is 17.8 Å². The van der Waals surface area contributed by atoms with E-state index in [2.05, 4.69) is 5.32 Å². The summed E-state index contributed by atoms with van der Waals surface area (Å²) in [4.78, 5) is 23.1. The number of nitrogens with zero attached hydrogens (tertiary/aromatic N) is 2. The Hall–Kier alpha value is -3.92. The smallest absolute Gasteiger partial charge is 0.271 e. The van der Waals surface area contributed by atoms with Crippen molar-refractivity contribution in [3.63, 3.8) is 0 Å². The number of sulfonamides is 1. The predicted molar refractivity (Wildman–Crippen MR) is 120 cm³/mol. The van der Waals surface area contributed by atoms with E-state index in [1.165, 1.54) is 55.6 Å². The highest BCUT2D eigenvalue weighted by molar-refractivity contribution is 7.92. The largest absolute Gasteiger partial charge is 0.497 e. The van der Waals surface area contributed by atoms with Crippen molar-refractivity contribution in [1.29, 1.82) is 0 Å². The van der Waals surface area contributed by atoms with Gasteiger partial charge in [0.15, 0.2) is 0 Å². The van der Waals surface area contributed by atoms with Gasteiger partial charge in [-0.15, -0.1) is 0 Å². The zero-order chi connectivity index (χ0) is 23.3. The van der Waals surface area contributed by atoms with Gasteiger partial charge in [-0.05, 0) is 49.4 Å². The second-order valence-electron chi connectivity index (χ2n) is 6.88. The number of nitro groups is 1. The molecule has 0 spiro atoms. The monoisotopic (exact) mass is 455 g/mol. The first-order chi connectivity index (χ1) is 15.2. The molecule has 0 aliphatic heterocycles. The second-order valence-corrected chi connectivity index (χ2v) is 8.74. The van der Waals surface area contributed by atoms with Gasteiger partial charge in [-0.1, -0.05) is 23.8 Å². The van der Waals surface area contributed by atoms with Crippen molar-refractivity contribution in [1.82, 2.24) is 0 Å². The lowest BCUT2D eigenvalue weighted by molar-refractivity contribution is -0.384. The van der Waals surface area contributed by atoms with Crippen molar-refractivity contribution in [3.8, 4) is 5.75 Å². The standard InChI is InChI=1S/C22H21N3O6S/c1-16-6-12-21(13-7-16)32(29,30)24(18-8-10-20(31-2)11-9-18)15-22(26)23-17-4-3-5-19(14-17)25(27)28/h3-14H,15H2,1-2H3,(H,23,26). The van der Waals surface area contributed by atoms with Crippen molar-refractivity contribution in [3.05, 3.63) is 88.5 Å². The number of ether oxygens (including phenoxy) is 1. The molecule has 1 N–H and O–H groups in total. The van der Waals surface area contributed by atoms with Gasteiger partial charge < -0.3 is 10.1 Å². The summed E-state index contributed by atoms with van der Waals surface area (Å²) < 4.78 is 32.8. The van der Waals surface area contributed by atoms with Crippen molar-refractivity contribution >= 4 is 33.0 Å². The highest BCUT2D eigenvalue weighted by Crippen LogP contribution is 2.26. The van der Waals surface area contributed by atoms with Crippen LogP contribution in [0.5, 0.6) is 5.75 Å². The Morgan fingerprint density at radius 3 is 2.31 bits per heavy atom. The quantitative estimate of drug-likeness (QED) is 0.408. The van der Waals surface area contributed by atoms with Crippen LogP contribution in [0.1, 0.15) is 5.56 Å². The molecule has 0 bridgehead atoms. The molecular weight excluding hydrogens is 434 g/mol. The van der Waals surface area contributed by atoms with E-state index < -0.39 is 27.4 Å². The van der Waals surface area contributed by atoms with Crippen LogP contribution in [0.2, 0.25) is 0 Å². The predicted octanol–water partition coefficient (Wildman–Crippen LogP) is 3.75. The summed E-state index contributed by atoms with van der Waals surface area (Å²) in [5, 5.41) is 13.5. The highest BCUT2D eigenvalue weighted by atomic mass is 32.2. The lowest BCUT2D eigenvalue weighted by Crippen LogP contribution is -2.38. The average molecular weight is 455 g/mol. The molecule has 0 saturated carbocycles. The van der Waals surface area contributed by atoms with E-state index in [9.17, 15) is 23.3 Å². The number of methoxy groups -OCH3 is 1. The summed E-state index contributed by atoms with van der Waals surface area (Å²) in [5.74, 6) is -0.125. The van der Waals surface area contributed by atoms with E-state index in [-0.39, 0.29) is 22.0 Å². The molecule has 3 rings (SSSR count). The summed E-state index contributed by atoms with van der Waals surface area (Å²) in [5.41, 5.74) is 1.15. The Bertz CT molecular complexity index is 1230. The molecular formula is C22H21N3O6S. The molecule has 3 aromatic rings. The van der Waals surface area contributed by atoms with Crippen LogP contribution in [0.4, 0.5) is 17.1 Å². The first kappa shape index (κ1) is 22.8. The Morgan fingerprint density at radius 2 is 1.72 bits per heavy atom. The Labute approximate surface area is 185 Å². The Morgan fingerprint density at radius 1 is 1.06 bits per heavy atom. The molecule has 0 heterocycles. The summed E-state index contributed by atoms with van der Waals surface area (Å²) in [6.07, 6.45) is 0. The molecule has 0 atom stereocenters. The number of nitrogens with one attached hydrogen (secondary N) is 1. The molecule has 1 amide bonds. The maximum absolute atomic E-state index is 13.4. The number of hydrogen-bond donors (Lipinski definition) is 1. The third-order valence-electron chi connectivity index (χ3n) is 4.60. The van der Waals surface area contributed by atoms with Gasteiger partial charge in [-0.25, -0.2) is 8.42 Å². The summed E-state index contributed by atoms with van der Waals surface area (Å²) >= 11 is 0. The SMILES string of the molecule is COc1ccc(N(CC(=O)Nc2cccc([N+](=O)[O-])c2)S(=O)(=O)c2ccc(C)cc2)cc1. The van der Waals surface area contributed by atoms with Crippen molar-refractivity contribution in [2.45, 2.75) is 11.8 Å². The number of rotatable bonds is 8. The third kappa shape index (κ3) is 5.22. The minimum Gasteiger partial charge on any atom is -0.497 e. The number of anilines is 2. The number of aryl methyl sites for hydroxylation is 1. The Kier molecular flexibility index (Phi) is 6.74.